The van der Waals surface area contributed by atoms with Crippen molar-refractivity contribution in [3.05, 3.63) is 134 Å². The molecule has 0 saturated carbocycles. The van der Waals surface area contributed by atoms with E-state index in [1.807, 2.05) is 0 Å². The first-order valence-corrected chi connectivity index (χ1v) is 31.2. The average molecular weight is 1050 g/mol. The molecule has 0 aromatic rings. The second-order valence-electron chi connectivity index (χ2n) is 20.2. The van der Waals surface area contributed by atoms with Gasteiger partial charge in [-0.2, -0.15) is 0 Å². The molecule has 430 valence electrons. The third-order valence-electron chi connectivity index (χ3n) is 12.9. The van der Waals surface area contributed by atoms with Gasteiger partial charge in [0.15, 0.2) is 6.10 Å². The molecule has 1 atom stereocenters. The van der Waals surface area contributed by atoms with Crippen molar-refractivity contribution in [2.45, 2.75) is 277 Å². The number of rotatable bonds is 55. The Kier molecular flexibility index (Phi) is 59.4. The Morgan fingerprint density at radius 3 is 0.803 bits per heavy atom. The lowest BCUT2D eigenvalue weighted by molar-refractivity contribution is -0.167. The monoisotopic (exact) mass is 1050 g/mol. The Bertz CT molecular complexity index is 1630. The zero-order valence-corrected chi connectivity index (χ0v) is 49.2. The molecular formula is C70H114O6. The maximum absolute atomic E-state index is 12.9. The molecule has 0 rings (SSSR count). The summed E-state index contributed by atoms with van der Waals surface area (Å²) in [6.45, 7) is 6.39. The molecular weight excluding hydrogens is 937 g/mol. The van der Waals surface area contributed by atoms with Crippen molar-refractivity contribution in [1.29, 1.82) is 0 Å². The van der Waals surface area contributed by atoms with Gasteiger partial charge in [0.05, 0.1) is 0 Å². The molecule has 0 fully saturated rings. The van der Waals surface area contributed by atoms with Crippen LogP contribution in [0.3, 0.4) is 0 Å². The van der Waals surface area contributed by atoms with Crippen molar-refractivity contribution in [1.82, 2.24) is 0 Å². The number of hydrogen-bond acceptors (Lipinski definition) is 6. The van der Waals surface area contributed by atoms with E-state index >= 15 is 0 Å². The van der Waals surface area contributed by atoms with E-state index in [0.717, 1.165) is 161 Å². The van der Waals surface area contributed by atoms with Gasteiger partial charge in [-0.3, -0.25) is 14.4 Å². The Balaban J connectivity index is 4.32. The van der Waals surface area contributed by atoms with Gasteiger partial charge in [0.25, 0.3) is 0 Å². The van der Waals surface area contributed by atoms with E-state index < -0.39 is 6.10 Å². The Labute approximate surface area is 468 Å². The van der Waals surface area contributed by atoms with E-state index in [1.54, 1.807) is 0 Å². The van der Waals surface area contributed by atoms with Crippen LogP contribution in [0.5, 0.6) is 0 Å². The minimum Gasteiger partial charge on any atom is -0.462 e. The molecule has 0 heterocycles. The molecule has 0 N–H and O–H groups in total. The first-order valence-electron chi connectivity index (χ1n) is 31.2. The fourth-order valence-electron chi connectivity index (χ4n) is 8.30. The fraction of sp³-hybridized carbons (Fsp3) is 0.643. The number of carbonyl (C=O) groups excluding carboxylic acids is 3. The van der Waals surface area contributed by atoms with Gasteiger partial charge >= 0.3 is 17.9 Å². The molecule has 0 bridgehead atoms. The highest BCUT2D eigenvalue weighted by Gasteiger charge is 2.19. The van der Waals surface area contributed by atoms with Gasteiger partial charge < -0.3 is 14.2 Å². The van der Waals surface area contributed by atoms with Gasteiger partial charge in [0.2, 0.25) is 0 Å². The van der Waals surface area contributed by atoms with Crippen LogP contribution < -0.4 is 0 Å². The second kappa shape index (κ2) is 63.1. The molecule has 0 saturated heterocycles. The quantitative estimate of drug-likeness (QED) is 0.0261. The van der Waals surface area contributed by atoms with Crippen LogP contribution in [0.2, 0.25) is 0 Å². The number of allylic oxidation sites excluding steroid dienone is 22. The van der Waals surface area contributed by atoms with Gasteiger partial charge in [-0.1, -0.05) is 270 Å². The second-order valence-corrected chi connectivity index (χ2v) is 20.2. The molecule has 0 aliphatic carbocycles. The maximum atomic E-state index is 12.9. The van der Waals surface area contributed by atoms with Crippen LogP contribution in [-0.2, 0) is 28.6 Å². The number of ether oxygens (including phenoxy) is 3. The first-order chi connectivity index (χ1) is 37.5. The summed E-state index contributed by atoms with van der Waals surface area (Å²) in [6, 6.07) is 0. The highest BCUT2D eigenvalue weighted by atomic mass is 16.6. The highest BCUT2D eigenvalue weighted by Crippen LogP contribution is 2.15. The van der Waals surface area contributed by atoms with E-state index in [9.17, 15) is 14.4 Å². The Morgan fingerprint density at radius 2 is 0.513 bits per heavy atom. The molecule has 0 radical (unpaired) electrons. The minimum atomic E-state index is -0.796. The molecule has 0 aromatic heterocycles. The molecule has 0 spiro atoms. The van der Waals surface area contributed by atoms with Crippen molar-refractivity contribution in [3.63, 3.8) is 0 Å². The first kappa shape index (κ1) is 71.5. The van der Waals surface area contributed by atoms with Crippen LogP contribution in [0.4, 0.5) is 0 Å². The number of carbonyl (C=O) groups is 3. The normalized spacial score (nSPS) is 13.0. The summed E-state index contributed by atoms with van der Waals surface area (Å²) in [5.41, 5.74) is 0. The zero-order chi connectivity index (χ0) is 55.0. The summed E-state index contributed by atoms with van der Waals surface area (Å²) in [5, 5.41) is 0. The summed E-state index contributed by atoms with van der Waals surface area (Å²) in [4.78, 5) is 38.2. The topological polar surface area (TPSA) is 78.9 Å². The van der Waals surface area contributed by atoms with Crippen molar-refractivity contribution in [3.8, 4) is 0 Å². The number of unbranched alkanes of at least 4 members (excludes halogenated alkanes) is 22. The predicted molar refractivity (Wildman–Crippen MR) is 329 cm³/mol. The maximum Gasteiger partial charge on any atom is 0.306 e. The standard InChI is InChI=1S/C70H114O6/c1-4-7-10-13-16-19-22-25-27-28-29-30-31-32-33-34-35-36-37-38-39-40-41-42-44-45-48-51-54-57-60-63-69(72)75-66-67(65-74-68(71)62-59-56-53-50-47-24-21-18-15-12-9-6-3)76-70(73)64-61-58-55-52-49-46-43-26-23-20-17-14-11-8-5-2/h7-8,10-11,16-17,19-20,25-27,29-30,32-33,35-36,38-39,41-43,67H,4-6,9,12-15,18,21-24,28,31,34,37,40,44-66H2,1-3H3/b10-7-,11-8-,19-16-,20-17-,27-25-,30-29-,33-32-,36-35-,39-38-,42-41-,43-26-. The zero-order valence-electron chi connectivity index (χ0n) is 49.2. The Morgan fingerprint density at radius 1 is 0.276 bits per heavy atom. The van der Waals surface area contributed by atoms with E-state index in [2.05, 4.69) is 154 Å². The molecule has 6 heteroatoms. The summed E-state index contributed by atoms with van der Waals surface area (Å²) in [7, 11) is 0. The van der Waals surface area contributed by atoms with Gasteiger partial charge in [0, 0.05) is 19.3 Å². The van der Waals surface area contributed by atoms with Crippen LogP contribution >= 0.6 is 0 Å². The van der Waals surface area contributed by atoms with Crippen molar-refractivity contribution < 1.29 is 28.6 Å². The number of hydrogen-bond donors (Lipinski definition) is 0. The molecule has 0 aliphatic heterocycles. The van der Waals surface area contributed by atoms with Crippen LogP contribution in [0.25, 0.3) is 0 Å². The molecule has 1 unspecified atom stereocenters. The highest BCUT2D eigenvalue weighted by molar-refractivity contribution is 5.71. The van der Waals surface area contributed by atoms with Crippen LogP contribution in [0, 0.1) is 0 Å². The van der Waals surface area contributed by atoms with Gasteiger partial charge in [-0.15, -0.1) is 0 Å². The molecule has 0 aromatic carbocycles. The van der Waals surface area contributed by atoms with Gasteiger partial charge in [-0.05, 0) is 116 Å². The molecule has 0 amide bonds. The minimum absolute atomic E-state index is 0.0910. The lowest BCUT2D eigenvalue weighted by Gasteiger charge is -2.18. The van der Waals surface area contributed by atoms with Crippen molar-refractivity contribution in [2.24, 2.45) is 0 Å². The van der Waals surface area contributed by atoms with E-state index in [1.165, 1.54) is 70.6 Å². The van der Waals surface area contributed by atoms with Crippen molar-refractivity contribution in [2.75, 3.05) is 13.2 Å². The summed E-state index contributed by atoms with van der Waals surface area (Å²) in [6.07, 6.45) is 88.8. The lowest BCUT2D eigenvalue weighted by Crippen LogP contribution is -2.30. The third kappa shape index (κ3) is 60.4. The van der Waals surface area contributed by atoms with E-state index in [4.69, 9.17) is 14.2 Å². The Hall–Kier alpha value is -4.45. The molecule has 6 nitrogen and oxygen atoms in total. The van der Waals surface area contributed by atoms with Crippen molar-refractivity contribution >= 4 is 17.9 Å². The van der Waals surface area contributed by atoms with Crippen LogP contribution in [0.15, 0.2) is 134 Å². The lowest BCUT2D eigenvalue weighted by atomic mass is 10.0. The van der Waals surface area contributed by atoms with E-state index in [-0.39, 0.29) is 31.1 Å². The van der Waals surface area contributed by atoms with E-state index in [0.29, 0.717) is 19.3 Å². The van der Waals surface area contributed by atoms with Crippen LogP contribution in [0.1, 0.15) is 271 Å². The third-order valence-corrected chi connectivity index (χ3v) is 12.9. The number of esters is 3. The average Bonchev–Trinajstić information content (AvgIpc) is 3.42. The fourth-order valence-corrected chi connectivity index (χ4v) is 8.30. The van der Waals surface area contributed by atoms with Gasteiger partial charge in [0.1, 0.15) is 13.2 Å². The largest absolute Gasteiger partial charge is 0.462 e. The van der Waals surface area contributed by atoms with Crippen LogP contribution in [-0.4, -0.2) is 37.2 Å². The summed E-state index contributed by atoms with van der Waals surface area (Å²) in [5.74, 6) is -0.923. The van der Waals surface area contributed by atoms with Gasteiger partial charge in [-0.25, -0.2) is 0 Å². The predicted octanol–water partition coefficient (Wildman–Crippen LogP) is 21.4. The SMILES string of the molecule is CC/C=C\C/C=C\C/C=C\C/C=C\C/C=C\C/C=C\C/C=C\C/C=C\CCCCCCCCC(=O)OCC(COC(=O)CCCCCCCCCCCCCC)OC(=O)CCCCCCC/C=C\C/C=C\C/C=C\CC. The molecule has 76 heavy (non-hydrogen) atoms. The summed E-state index contributed by atoms with van der Waals surface area (Å²) < 4.78 is 16.9. The summed E-state index contributed by atoms with van der Waals surface area (Å²) >= 11 is 0. The smallest absolute Gasteiger partial charge is 0.306 e. The molecule has 0 aliphatic rings.